The number of rotatable bonds is 8. The molecule has 0 saturated heterocycles. The van der Waals surface area contributed by atoms with Gasteiger partial charge in [0.2, 0.25) is 0 Å². The molecule has 2 amide bonds. The van der Waals surface area contributed by atoms with Crippen LogP contribution in [0.25, 0.3) is 0 Å². The van der Waals surface area contributed by atoms with Gasteiger partial charge in [-0.2, -0.15) is 0 Å². The normalized spacial score (nSPS) is 10.1. The van der Waals surface area contributed by atoms with Crippen molar-refractivity contribution in [1.29, 1.82) is 0 Å². The molecule has 5 nitrogen and oxygen atoms in total. The molecule has 1 aromatic heterocycles. The zero-order valence-corrected chi connectivity index (χ0v) is 13.8. The number of amides is 2. The predicted octanol–water partition coefficient (Wildman–Crippen LogP) is 2.87. The number of nitrogens with one attached hydrogen (secondary N) is 2. The Hall–Kier alpha value is -2.34. The Morgan fingerprint density at radius 2 is 1.78 bits per heavy atom. The second-order valence-electron chi connectivity index (χ2n) is 4.92. The van der Waals surface area contributed by atoms with Crippen LogP contribution in [-0.4, -0.2) is 31.5 Å². The monoisotopic (exact) mass is 332 g/mol. The molecule has 0 saturated carbocycles. The summed E-state index contributed by atoms with van der Waals surface area (Å²) in [5.41, 5.74) is 0. The summed E-state index contributed by atoms with van der Waals surface area (Å²) in [6.45, 7) is 2.95. The molecule has 0 aliphatic rings. The molecular formula is C17H20N2O3S. The van der Waals surface area contributed by atoms with E-state index in [1.54, 1.807) is 6.92 Å². The Morgan fingerprint density at radius 1 is 1.04 bits per heavy atom. The van der Waals surface area contributed by atoms with Crippen LogP contribution in [0.1, 0.15) is 21.5 Å². The van der Waals surface area contributed by atoms with Crippen molar-refractivity contribution in [2.24, 2.45) is 0 Å². The summed E-state index contributed by atoms with van der Waals surface area (Å²) in [7, 11) is 0. The van der Waals surface area contributed by atoms with Crippen LogP contribution in [0.15, 0.2) is 42.5 Å². The van der Waals surface area contributed by atoms with Crippen molar-refractivity contribution >= 4 is 23.2 Å². The first kappa shape index (κ1) is 17.0. The van der Waals surface area contributed by atoms with Gasteiger partial charge in [-0.25, -0.2) is 4.79 Å². The summed E-state index contributed by atoms with van der Waals surface area (Å²) in [5.74, 6) is 0.860. The molecule has 0 bridgehead atoms. The van der Waals surface area contributed by atoms with E-state index in [-0.39, 0.29) is 11.8 Å². The number of ketones is 1. The fraction of sp³-hybridized carbons (Fsp3) is 0.294. The first-order chi connectivity index (χ1) is 11.1. The highest BCUT2D eigenvalue weighted by atomic mass is 32.1. The zero-order chi connectivity index (χ0) is 16.5. The van der Waals surface area contributed by atoms with Crippen LogP contribution in [0.5, 0.6) is 5.75 Å². The topological polar surface area (TPSA) is 67.4 Å². The third kappa shape index (κ3) is 6.12. The summed E-state index contributed by atoms with van der Waals surface area (Å²) in [6.07, 6.45) is 0.714. The number of carbonyl (C=O) groups excluding carboxylic acids is 2. The van der Waals surface area contributed by atoms with Gasteiger partial charge in [-0.15, -0.1) is 11.3 Å². The lowest BCUT2D eigenvalue weighted by molar-refractivity contribution is 0.102. The Kier molecular flexibility index (Phi) is 6.62. The fourth-order valence-corrected chi connectivity index (χ4v) is 2.82. The molecule has 0 spiro atoms. The van der Waals surface area contributed by atoms with Crippen molar-refractivity contribution in [1.82, 2.24) is 10.6 Å². The summed E-state index contributed by atoms with van der Waals surface area (Å²) < 4.78 is 5.48. The maximum absolute atomic E-state index is 11.6. The minimum atomic E-state index is -0.218. The van der Waals surface area contributed by atoms with Crippen molar-refractivity contribution in [3.63, 3.8) is 0 Å². The lowest BCUT2D eigenvalue weighted by Gasteiger charge is -2.08. The molecule has 0 aliphatic heterocycles. The Bertz CT molecular complexity index is 640. The van der Waals surface area contributed by atoms with Crippen molar-refractivity contribution in [3.05, 3.63) is 52.2 Å². The SMILES string of the molecule is CC(=O)c1ccc(CCNC(=O)NCCOc2ccccc2)s1. The number of benzene rings is 1. The Labute approximate surface area is 139 Å². The molecule has 0 fully saturated rings. The molecular weight excluding hydrogens is 312 g/mol. The van der Waals surface area contributed by atoms with E-state index in [0.29, 0.717) is 26.1 Å². The van der Waals surface area contributed by atoms with Gasteiger partial charge in [0.1, 0.15) is 12.4 Å². The highest BCUT2D eigenvalue weighted by Gasteiger charge is 2.05. The molecule has 1 aromatic carbocycles. The smallest absolute Gasteiger partial charge is 0.314 e. The quantitative estimate of drug-likeness (QED) is 0.577. The van der Waals surface area contributed by atoms with Gasteiger partial charge in [0.05, 0.1) is 11.4 Å². The Morgan fingerprint density at radius 3 is 2.48 bits per heavy atom. The summed E-state index contributed by atoms with van der Waals surface area (Å²) in [5, 5.41) is 5.52. The third-order valence-electron chi connectivity index (χ3n) is 3.07. The zero-order valence-electron chi connectivity index (χ0n) is 13.0. The fourth-order valence-electron chi connectivity index (χ4n) is 1.91. The molecule has 2 rings (SSSR count). The maximum Gasteiger partial charge on any atom is 0.314 e. The van der Waals surface area contributed by atoms with E-state index >= 15 is 0 Å². The predicted molar refractivity (Wildman–Crippen MR) is 91.4 cm³/mol. The van der Waals surface area contributed by atoms with Crippen molar-refractivity contribution in [2.45, 2.75) is 13.3 Å². The number of para-hydroxylation sites is 1. The van der Waals surface area contributed by atoms with E-state index in [9.17, 15) is 9.59 Å². The van der Waals surface area contributed by atoms with Crippen molar-refractivity contribution < 1.29 is 14.3 Å². The van der Waals surface area contributed by atoms with Crippen LogP contribution in [0.2, 0.25) is 0 Å². The van der Waals surface area contributed by atoms with Gasteiger partial charge in [-0.1, -0.05) is 18.2 Å². The molecule has 2 aromatic rings. The van der Waals surface area contributed by atoms with Gasteiger partial charge in [-0.05, 0) is 37.6 Å². The minimum absolute atomic E-state index is 0.0744. The van der Waals surface area contributed by atoms with Gasteiger partial charge in [-0.3, -0.25) is 4.79 Å². The number of ether oxygens (including phenoxy) is 1. The number of hydrogen-bond donors (Lipinski definition) is 2. The van der Waals surface area contributed by atoms with Crippen LogP contribution in [0.3, 0.4) is 0 Å². The molecule has 2 N–H and O–H groups in total. The second-order valence-corrected chi connectivity index (χ2v) is 6.08. The van der Waals surface area contributed by atoms with Crippen molar-refractivity contribution in [2.75, 3.05) is 19.7 Å². The van der Waals surface area contributed by atoms with E-state index in [2.05, 4.69) is 10.6 Å². The minimum Gasteiger partial charge on any atom is -0.492 e. The second kappa shape index (κ2) is 8.95. The van der Waals surface area contributed by atoms with E-state index in [4.69, 9.17) is 4.74 Å². The average Bonchev–Trinajstić information content (AvgIpc) is 3.02. The lowest BCUT2D eigenvalue weighted by atomic mass is 10.3. The molecule has 0 unspecified atom stereocenters. The number of thiophene rings is 1. The average molecular weight is 332 g/mol. The molecule has 23 heavy (non-hydrogen) atoms. The number of Topliss-reactive ketones (excluding diaryl/α,β-unsaturated/α-hetero) is 1. The van der Waals surface area contributed by atoms with Crippen LogP contribution < -0.4 is 15.4 Å². The summed E-state index contributed by atoms with van der Waals surface area (Å²) in [4.78, 5) is 24.7. The summed E-state index contributed by atoms with van der Waals surface area (Å²) in [6, 6.07) is 13.0. The van der Waals surface area contributed by atoms with Crippen LogP contribution in [0, 0.1) is 0 Å². The Balaban J connectivity index is 1.57. The summed E-state index contributed by atoms with van der Waals surface area (Å²) >= 11 is 1.47. The lowest BCUT2D eigenvalue weighted by Crippen LogP contribution is -2.38. The van der Waals surface area contributed by atoms with Crippen LogP contribution >= 0.6 is 11.3 Å². The van der Waals surface area contributed by atoms with Gasteiger partial charge < -0.3 is 15.4 Å². The number of urea groups is 1. The van der Waals surface area contributed by atoms with Crippen LogP contribution in [0.4, 0.5) is 4.79 Å². The van der Waals surface area contributed by atoms with E-state index in [0.717, 1.165) is 15.5 Å². The number of carbonyl (C=O) groups is 2. The highest BCUT2D eigenvalue weighted by molar-refractivity contribution is 7.14. The van der Waals surface area contributed by atoms with Gasteiger partial charge >= 0.3 is 6.03 Å². The standard InChI is InChI=1S/C17H20N2O3S/c1-13(20)16-8-7-15(23-16)9-10-18-17(21)19-11-12-22-14-5-3-2-4-6-14/h2-8H,9-12H2,1H3,(H2,18,19,21). The maximum atomic E-state index is 11.6. The molecule has 6 heteroatoms. The van der Waals surface area contributed by atoms with E-state index in [1.807, 2.05) is 42.5 Å². The van der Waals surface area contributed by atoms with E-state index in [1.165, 1.54) is 11.3 Å². The first-order valence-corrected chi connectivity index (χ1v) is 8.26. The van der Waals surface area contributed by atoms with Crippen molar-refractivity contribution in [3.8, 4) is 5.75 Å². The molecule has 0 atom stereocenters. The largest absolute Gasteiger partial charge is 0.492 e. The molecule has 122 valence electrons. The third-order valence-corrected chi connectivity index (χ3v) is 4.31. The first-order valence-electron chi connectivity index (χ1n) is 7.44. The van der Waals surface area contributed by atoms with Gasteiger partial charge in [0.15, 0.2) is 5.78 Å². The van der Waals surface area contributed by atoms with E-state index < -0.39 is 0 Å². The molecule has 0 radical (unpaired) electrons. The van der Waals surface area contributed by atoms with Gasteiger partial charge in [0.25, 0.3) is 0 Å². The molecule has 0 aliphatic carbocycles. The number of hydrogen-bond acceptors (Lipinski definition) is 4. The van der Waals surface area contributed by atoms with Gasteiger partial charge in [0, 0.05) is 11.4 Å². The highest BCUT2D eigenvalue weighted by Crippen LogP contribution is 2.17. The van der Waals surface area contributed by atoms with Crippen LogP contribution in [-0.2, 0) is 6.42 Å². The molecule has 1 heterocycles.